The van der Waals surface area contributed by atoms with Gasteiger partial charge in [0.1, 0.15) is 30.1 Å². The van der Waals surface area contributed by atoms with Crippen LogP contribution in [-0.2, 0) is 13.5 Å². The number of aliphatic hydroxyl groups excluding tert-OH is 1. The second kappa shape index (κ2) is 7.63. The number of hydrogen-bond donors (Lipinski definition) is 1. The van der Waals surface area contributed by atoms with Crippen molar-refractivity contribution in [3.05, 3.63) is 69.4 Å². The predicted molar refractivity (Wildman–Crippen MR) is 106 cm³/mol. The molecule has 5 atom stereocenters. The monoisotopic (exact) mass is 460 g/mol. The minimum atomic E-state index is -2.16. The molecule has 0 unspecified atom stereocenters. The highest BCUT2D eigenvalue weighted by molar-refractivity contribution is 5.70. The van der Waals surface area contributed by atoms with Crippen molar-refractivity contribution < 1.29 is 27.1 Å². The molecule has 33 heavy (non-hydrogen) atoms. The van der Waals surface area contributed by atoms with Gasteiger partial charge in [-0.1, -0.05) is 5.21 Å². The Morgan fingerprint density at radius 1 is 1.09 bits per heavy atom. The molecular formula is C23H17F5N4O. The van der Waals surface area contributed by atoms with Crippen molar-refractivity contribution in [2.24, 2.45) is 7.05 Å². The average Bonchev–Trinajstić information content (AvgIpc) is 3.33. The molecule has 0 saturated heterocycles. The van der Waals surface area contributed by atoms with Crippen LogP contribution in [0.3, 0.4) is 0 Å². The van der Waals surface area contributed by atoms with Crippen molar-refractivity contribution in [1.29, 1.82) is 5.26 Å². The van der Waals surface area contributed by atoms with Crippen molar-refractivity contribution in [3.63, 3.8) is 0 Å². The highest BCUT2D eigenvalue weighted by Gasteiger charge is 2.43. The summed E-state index contributed by atoms with van der Waals surface area (Å²) in [5, 5.41) is 27.6. The predicted octanol–water partition coefficient (Wildman–Crippen LogP) is 4.44. The number of hydrogen-bond acceptors (Lipinski definition) is 4. The van der Waals surface area contributed by atoms with Gasteiger partial charge in [0.25, 0.3) is 0 Å². The van der Waals surface area contributed by atoms with E-state index in [0.717, 1.165) is 18.2 Å². The van der Waals surface area contributed by atoms with Gasteiger partial charge < -0.3 is 5.11 Å². The number of benzene rings is 2. The maximum atomic E-state index is 15.5. The zero-order valence-electron chi connectivity index (χ0n) is 17.2. The molecule has 0 radical (unpaired) electrons. The number of fused-ring (bicyclic) bond motifs is 2. The molecule has 1 heterocycles. The molecule has 3 aromatic rings. The van der Waals surface area contributed by atoms with Crippen LogP contribution in [0, 0.1) is 23.0 Å². The third kappa shape index (κ3) is 3.14. The van der Waals surface area contributed by atoms with Gasteiger partial charge in [0.05, 0.1) is 23.5 Å². The van der Waals surface area contributed by atoms with Gasteiger partial charge in [0, 0.05) is 24.9 Å². The first-order valence-electron chi connectivity index (χ1n) is 10.3. The van der Waals surface area contributed by atoms with E-state index in [0.29, 0.717) is 0 Å². The van der Waals surface area contributed by atoms with Crippen LogP contribution in [0.2, 0.25) is 0 Å². The van der Waals surface area contributed by atoms with Crippen molar-refractivity contribution in [2.45, 2.75) is 43.4 Å². The van der Waals surface area contributed by atoms with Gasteiger partial charge in [-0.2, -0.15) is 5.26 Å². The Morgan fingerprint density at radius 2 is 1.85 bits per heavy atom. The van der Waals surface area contributed by atoms with Gasteiger partial charge in [0.2, 0.25) is 0 Å². The number of aryl methyl sites for hydroxylation is 1. The van der Waals surface area contributed by atoms with Crippen LogP contribution in [0.4, 0.5) is 22.0 Å². The van der Waals surface area contributed by atoms with Crippen LogP contribution < -0.4 is 0 Å². The molecule has 0 aliphatic heterocycles. The normalized spacial score (nSPS) is 26.1. The summed E-state index contributed by atoms with van der Waals surface area (Å²) in [6, 6.07) is 4.64. The van der Waals surface area contributed by atoms with E-state index in [2.05, 4.69) is 10.3 Å². The van der Waals surface area contributed by atoms with E-state index in [1.165, 1.54) is 17.9 Å². The molecular weight excluding hydrogens is 443 g/mol. The Labute approximate surface area is 185 Å². The summed E-state index contributed by atoms with van der Waals surface area (Å²) in [5.41, 5.74) is 0.0371. The lowest BCUT2D eigenvalue weighted by Crippen LogP contribution is -2.25. The second-order valence-corrected chi connectivity index (χ2v) is 8.40. The third-order valence-electron chi connectivity index (χ3n) is 6.57. The molecule has 1 N–H and O–H groups in total. The Kier molecular flexibility index (Phi) is 4.97. The maximum absolute atomic E-state index is 15.5. The molecule has 5 rings (SSSR count). The standard InChI is InChI=1S/C23H17F5N4O/c1-32-18(8-30-31-32)21-15(25)4-11(13-6-17(27)23(33)20(13)21)12-5-16(26)22(28)14-3-10(24)2-9(7-29)19(12)14/h2-4,8,12,16-17,22-23,33H,5-6H2,1H3/t12-,16+,17-,22-,23-/m1/s1. The zero-order chi connectivity index (χ0) is 23.6. The van der Waals surface area contributed by atoms with E-state index in [1.54, 1.807) is 6.07 Å². The lowest BCUT2D eigenvalue weighted by molar-refractivity contribution is 0.0927. The second-order valence-electron chi connectivity index (χ2n) is 8.40. The molecule has 0 bridgehead atoms. The number of aromatic nitrogens is 3. The third-order valence-corrected chi connectivity index (χ3v) is 6.57. The van der Waals surface area contributed by atoms with E-state index in [-0.39, 0.29) is 51.1 Å². The number of alkyl halides is 3. The van der Waals surface area contributed by atoms with Gasteiger partial charge in [-0.3, -0.25) is 0 Å². The number of nitrogens with zero attached hydrogens (tertiary/aromatic N) is 4. The Morgan fingerprint density at radius 3 is 2.52 bits per heavy atom. The highest BCUT2D eigenvalue weighted by atomic mass is 19.2. The fraction of sp³-hybridized carbons (Fsp3) is 0.348. The highest BCUT2D eigenvalue weighted by Crippen LogP contribution is 2.51. The van der Waals surface area contributed by atoms with Gasteiger partial charge in [-0.15, -0.1) is 5.10 Å². The Bertz CT molecular complexity index is 1320. The summed E-state index contributed by atoms with van der Waals surface area (Å²) in [4.78, 5) is 0. The SMILES string of the molecule is Cn1nncc1-c1c(F)cc([C@H]2C[C@H](F)[C@H](F)c3cc(F)cc(C#N)c32)c2c1[C@H](O)[C@H](F)C2. The minimum Gasteiger partial charge on any atom is -0.385 e. The van der Waals surface area contributed by atoms with Crippen LogP contribution >= 0.6 is 0 Å². The molecule has 170 valence electrons. The quantitative estimate of drug-likeness (QED) is 0.574. The molecule has 1 aromatic heterocycles. The molecule has 10 heteroatoms. The summed E-state index contributed by atoms with van der Waals surface area (Å²) in [5.74, 6) is -2.76. The first-order valence-corrected chi connectivity index (χ1v) is 10.3. The number of halogens is 5. The molecule has 0 spiro atoms. The van der Waals surface area contributed by atoms with Gasteiger partial charge in [-0.25, -0.2) is 26.6 Å². The van der Waals surface area contributed by atoms with Crippen molar-refractivity contribution in [3.8, 4) is 17.3 Å². The number of nitriles is 1. The maximum Gasteiger partial charge on any atom is 0.157 e. The average molecular weight is 460 g/mol. The van der Waals surface area contributed by atoms with E-state index in [1.807, 2.05) is 0 Å². The molecule has 5 nitrogen and oxygen atoms in total. The van der Waals surface area contributed by atoms with Crippen molar-refractivity contribution in [2.75, 3.05) is 0 Å². The molecule has 2 aliphatic rings. The smallest absolute Gasteiger partial charge is 0.157 e. The van der Waals surface area contributed by atoms with E-state index >= 15 is 4.39 Å². The van der Waals surface area contributed by atoms with Crippen molar-refractivity contribution >= 4 is 0 Å². The molecule has 0 fully saturated rings. The van der Waals surface area contributed by atoms with Gasteiger partial charge >= 0.3 is 0 Å². The zero-order valence-corrected chi connectivity index (χ0v) is 17.2. The molecule has 2 aliphatic carbocycles. The largest absolute Gasteiger partial charge is 0.385 e. The molecule has 0 saturated carbocycles. The number of aliphatic hydroxyl groups is 1. The fourth-order valence-corrected chi connectivity index (χ4v) is 5.15. The summed E-state index contributed by atoms with van der Waals surface area (Å²) < 4.78 is 74.9. The summed E-state index contributed by atoms with van der Waals surface area (Å²) in [6.45, 7) is 0. The first kappa shape index (κ1) is 21.5. The van der Waals surface area contributed by atoms with Crippen LogP contribution in [0.1, 0.15) is 58.0 Å². The topological polar surface area (TPSA) is 74.7 Å². The van der Waals surface area contributed by atoms with Gasteiger partial charge in [0.15, 0.2) is 6.17 Å². The van der Waals surface area contributed by atoms with Crippen LogP contribution in [0.25, 0.3) is 11.3 Å². The molecule has 0 amide bonds. The Hall–Kier alpha value is -3.32. The van der Waals surface area contributed by atoms with E-state index < -0.39 is 48.6 Å². The van der Waals surface area contributed by atoms with Gasteiger partial charge in [-0.05, 0) is 52.4 Å². The van der Waals surface area contributed by atoms with Crippen LogP contribution in [-0.4, -0.2) is 32.4 Å². The van der Waals surface area contributed by atoms with Crippen LogP contribution in [0.15, 0.2) is 24.4 Å². The van der Waals surface area contributed by atoms with Crippen molar-refractivity contribution in [1.82, 2.24) is 15.0 Å². The molecule has 2 aromatic carbocycles. The summed E-state index contributed by atoms with van der Waals surface area (Å²) >= 11 is 0. The first-order chi connectivity index (χ1) is 15.7. The lowest BCUT2D eigenvalue weighted by Gasteiger charge is -2.33. The van der Waals surface area contributed by atoms with Crippen LogP contribution in [0.5, 0.6) is 0 Å². The van der Waals surface area contributed by atoms with E-state index in [4.69, 9.17) is 0 Å². The minimum absolute atomic E-state index is 0.0113. The lowest BCUT2D eigenvalue weighted by atomic mass is 9.73. The summed E-state index contributed by atoms with van der Waals surface area (Å²) in [6.07, 6.45) is -7.05. The number of rotatable bonds is 2. The van der Waals surface area contributed by atoms with E-state index in [9.17, 15) is 27.9 Å². The fourth-order valence-electron chi connectivity index (χ4n) is 5.15. The Balaban J connectivity index is 1.80. The summed E-state index contributed by atoms with van der Waals surface area (Å²) in [7, 11) is 1.51.